The van der Waals surface area contributed by atoms with Crippen molar-refractivity contribution in [2.75, 3.05) is 7.11 Å². The highest BCUT2D eigenvalue weighted by Crippen LogP contribution is 2.27. The highest BCUT2D eigenvalue weighted by atomic mass is 79.9. The van der Waals surface area contributed by atoms with Crippen LogP contribution in [-0.4, -0.2) is 18.7 Å². The molecule has 0 aliphatic carbocycles. The van der Waals surface area contributed by atoms with E-state index in [0.29, 0.717) is 5.75 Å². The molecule has 0 aliphatic rings. The number of rotatable bonds is 3. The lowest BCUT2D eigenvalue weighted by Gasteiger charge is -2.24. The average Bonchev–Trinajstić information content (AvgIpc) is 2.22. The third-order valence-corrected chi connectivity index (χ3v) is 2.69. The summed E-state index contributed by atoms with van der Waals surface area (Å²) in [6.45, 7) is 5.29. The molecule has 0 fully saturated rings. The summed E-state index contributed by atoms with van der Waals surface area (Å²) < 4.78 is 11.3. The summed E-state index contributed by atoms with van der Waals surface area (Å²) in [5, 5.41) is 0. The van der Waals surface area contributed by atoms with Gasteiger partial charge in [0.15, 0.2) is 5.60 Å². The van der Waals surface area contributed by atoms with Crippen LogP contribution in [0.3, 0.4) is 0 Å². The van der Waals surface area contributed by atoms with Crippen molar-refractivity contribution in [2.45, 2.75) is 26.4 Å². The van der Waals surface area contributed by atoms with E-state index in [1.807, 2.05) is 25.1 Å². The Morgan fingerprint density at radius 3 is 2.56 bits per heavy atom. The van der Waals surface area contributed by atoms with Gasteiger partial charge in [-0.25, -0.2) is 4.79 Å². The topological polar surface area (TPSA) is 35.5 Å². The zero-order valence-electron chi connectivity index (χ0n) is 9.83. The third-order valence-electron chi connectivity index (χ3n) is 2.19. The molecule has 1 rings (SSSR count). The molecule has 88 valence electrons. The largest absolute Gasteiger partial charge is 0.476 e. The summed E-state index contributed by atoms with van der Waals surface area (Å²) in [4.78, 5) is 11.5. The van der Waals surface area contributed by atoms with Crippen LogP contribution in [0.4, 0.5) is 0 Å². The summed E-state index contributed by atoms with van der Waals surface area (Å²) in [5.74, 6) is 0.275. The molecule has 0 saturated heterocycles. The van der Waals surface area contributed by atoms with E-state index in [2.05, 4.69) is 20.7 Å². The standard InChI is InChI=1S/C12H15BrO3/c1-8-5-6-9(13)7-10(8)16-12(2,3)11(14)15-4/h5-7H,1-4H3. The second-order valence-electron chi connectivity index (χ2n) is 4.01. The Hall–Kier alpha value is -1.03. The van der Waals surface area contributed by atoms with Gasteiger partial charge in [0, 0.05) is 4.47 Å². The van der Waals surface area contributed by atoms with Gasteiger partial charge in [-0.2, -0.15) is 0 Å². The van der Waals surface area contributed by atoms with E-state index in [0.717, 1.165) is 10.0 Å². The number of benzene rings is 1. The van der Waals surface area contributed by atoms with Gasteiger partial charge in [0.05, 0.1) is 7.11 Å². The number of methoxy groups -OCH3 is 1. The predicted molar refractivity (Wildman–Crippen MR) is 65.6 cm³/mol. The van der Waals surface area contributed by atoms with Crippen molar-refractivity contribution in [1.29, 1.82) is 0 Å². The molecule has 1 aromatic carbocycles. The molecule has 0 N–H and O–H groups in total. The molecule has 0 saturated carbocycles. The zero-order chi connectivity index (χ0) is 12.3. The Kier molecular flexibility index (Phi) is 3.97. The summed E-state index contributed by atoms with van der Waals surface area (Å²) in [7, 11) is 1.35. The zero-order valence-corrected chi connectivity index (χ0v) is 11.4. The number of ether oxygens (including phenoxy) is 2. The maximum absolute atomic E-state index is 11.5. The van der Waals surface area contributed by atoms with Crippen molar-refractivity contribution in [3.05, 3.63) is 28.2 Å². The van der Waals surface area contributed by atoms with Crippen LogP contribution in [0.5, 0.6) is 5.75 Å². The number of hydrogen-bond donors (Lipinski definition) is 0. The first kappa shape index (κ1) is 13.0. The highest BCUT2D eigenvalue weighted by Gasteiger charge is 2.31. The minimum absolute atomic E-state index is 0.396. The number of carbonyl (C=O) groups is 1. The van der Waals surface area contributed by atoms with Gasteiger partial charge < -0.3 is 9.47 Å². The van der Waals surface area contributed by atoms with Crippen molar-refractivity contribution in [3.63, 3.8) is 0 Å². The Bertz CT molecular complexity index is 399. The second kappa shape index (κ2) is 4.87. The van der Waals surface area contributed by atoms with Crippen LogP contribution in [0.15, 0.2) is 22.7 Å². The van der Waals surface area contributed by atoms with Crippen LogP contribution >= 0.6 is 15.9 Å². The molecule has 0 aliphatic heterocycles. The first-order chi connectivity index (χ1) is 7.36. The molecule has 0 atom stereocenters. The normalized spacial score (nSPS) is 11.1. The van der Waals surface area contributed by atoms with Gasteiger partial charge in [-0.15, -0.1) is 0 Å². The van der Waals surface area contributed by atoms with Crippen molar-refractivity contribution >= 4 is 21.9 Å². The van der Waals surface area contributed by atoms with E-state index in [9.17, 15) is 4.79 Å². The summed E-state index contributed by atoms with van der Waals surface area (Å²) in [5.41, 5.74) is -0.0134. The van der Waals surface area contributed by atoms with E-state index in [1.165, 1.54) is 7.11 Å². The van der Waals surface area contributed by atoms with E-state index in [4.69, 9.17) is 4.74 Å². The molecular weight excluding hydrogens is 272 g/mol. The van der Waals surface area contributed by atoms with Gasteiger partial charge >= 0.3 is 5.97 Å². The van der Waals surface area contributed by atoms with Crippen LogP contribution in [0, 0.1) is 6.92 Å². The molecule has 0 aromatic heterocycles. The van der Waals surface area contributed by atoms with Gasteiger partial charge in [-0.3, -0.25) is 0 Å². The second-order valence-corrected chi connectivity index (χ2v) is 4.93. The average molecular weight is 287 g/mol. The van der Waals surface area contributed by atoms with E-state index in [-0.39, 0.29) is 0 Å². The first-order valence-corrected chi connectivity index (χ1v) is 5.69. The highest BCUT2D eigenvalue weighted by molar-refractivity contribution is 9.10. The minimum atomic E-state index is -0.986. The molecule has 0 spiro atoms. The van der Waals surface area contributed by atoms with Gasteiger partial charge in [0.1, 0.15) is 5.75 Å². The van der Waals surface area contributed by atoms with Crippen LogP contribution in [0.25, 0.3) is 0 Å². The molecular formula is C12H15BrO3. The third kappa shape index (κ3) is 2.98. The molecule has 16 heavy (non-hydrogen) atoms. The molecule has 0 bridgehead atoms. The van der Waals surface area contributed by atoms with Crippen LogP contribution in [0.2, 0.25) is 0 Å². The van der Waals surface area contributed by atoms with Crippen LogP contribution < -0.4 is 4.74 Å². The molecule has 0 heterocycles. The maximum atomic E-state index is 11.5. The monoisotopic (exact) mass is 286 g/mol. The Labute approximate surface area is 104 Å². The van der Waals surface area contributed by atoms with E-state index < -0.39 is 11.6 Å². The quantitative estimate of drug-likeness (QED) is 0.801. The van der Waals surface area contributed by atoms with Crippen molar-refractivity contribution in [3.8, 4) is 5.75 Å². The maximum Gasteiger partial charge on any atom is 0.349 e. The predicted octanol–water partition coefficient (Wildman–Crippen LogP) is 3.09. The van der Waals surface area contributed by atoms with Crippen molar-refractivity contribution in [2.24, 2.45) is 0 Å². The van der Waals surface area contributed by atoms with E-state index >= 15 is 0 Å². The number of esters is 1. The Balaban J connectivity index is 2.95. The van der Waals surface area contributed by atoms with Crippen molar-refractivity contribution in [1.82, 2.24) is 0 Å². The van der Waals surface area contributed by atoms with Crippen LogP contribution in [0.1, 0.15) is 19.4 Å². The summed E-state index contributed by atoms with van der Waals surface area (Å²) in [6.07, 6.45) is 0. The van der Waals surface area contributed by atoms with E-state index in [1.54, 1.807) is 13.8 Å². The number of aryl methyl sites for hydroxylation is 1. The van der Waals surface area contributed by atoms with Gasteiger partial charge in [0.2, 0.25) is 0 Å². The minimum Gasteiger partial charge on any atom is -0.476 e. The fourth-order valence-corrected chi connectivity index (χ4v) is 1.59. The molecule has 3 nitrogen and oxygen atoms in total. The lowest BCUT2D eigenvalue weighted by molar-refractivity contribution is -0.156. The number of hydrogen-bond acceptors (Lipinski definition) is 3. The Morgan fingerprint density at radius 1 is 1.38 bits per heavy atom. The molecule has 1 aromatic rings. The molecule has 0 radical (unpaired) electrons. The van der Waals surface area contributed by atoms with Crippen LogP contribution in [-0.2, 0) is 9.53 Å². The van der Waals surface area contributed by atoms with Crippen molar-refractivity contribution < 1.29 is 14.3 Å². The van der Waals surface area contributed by atoms with Gasteiger partial charge in [-0.05, 0) is 38.5 Å². The summed E-state index contributed by atoms with van der Waals surface area (Å²) >= 11 is 3.36. The Morgan fingerprint density at radius 2 is 2.00 bits per heavy atom. The van der Waals surface area contributed by atoms with Gasteiger partial charge in [0.25, 0.3) is 0 Å². The lowest BCUT2D eigenvalue weighted by atomic mass is 10.1. The molecule has 4 heteroatoms. The molecule has 0 amide bonds. The number of carbonyl (C=O) groups excluding carboxylic acids is 1. The molecule has 0 unspecified atom stereocenters. The fourth-order valence-electron chi connectivity index (χ4n) is 1.25. The first-order valence-electron chi connectivity index (χ1n) is 4.90. The SMILES string of the molecule is COC(=O)C(C)(C)Oc1cc(Br)ccc1C. The summed E-state index contributed by atoms with van der Waals surface area (Å²) in [6, 6.07) is 5.68. The number of halogens is 1. The smallest absolute Gasteiger partial charge is 0.349 e. The fraction of sp³-hybridized carbons (Fsp3) is 0.417. The lowest BCUT2D eigenvalue weighted by Crippen LogP contribution is -2.39. The van der Waals surface area contributed by atoms with Gasteiger partial charge in [-0.1, -0.05) is 22.0 Å².